The number of nitrogens with one attached hydrogen (secondary N) is 1. The smallest absolute Gasteiger partial charge is 0.445 e. The van der Waals surface area contributed by atoms with Crippen LogP contribution in [0.4, 0.5) is 13.6 Å². The van der Waals surface area contributed by atoms with Gasteiger partial charge in [-0.15, -0.1) is 0 Å². The van der Waals surface area contributed by atoms with Crippen molar-refractivity contribution in [3.8, 4) is 0 Å². The Kier molecular flexibility index (Phi) is 6.82. The fourth-order valence-corrected chi connectivity index (χ4v) is 2.96. The van der Waals surface area contributed by atoms with Crippen LogP contribution >= 0.6 is 0 Å². The largest absolute Gasteiger partial charge is 0.492 e. The Labute approximate surface area is 181 Å². The Morgan fingerprint density at radius 1 is 1.06 bits per heavy atom. The van der Waals surface area contributed by atoms with Gasteiger partial charge in [0.25, 0.3) is 0 Å². The lowest BCUT2D eigenvalue weighted by Crippen LogP contribution is -2.41. The molecular formula is C23H26BF2NO4. The fourth-order valence-electron chi connectivity index (χ4n) is 2.96. The van der Waals surface area contributed by atoms with E-state index >= 15 is 0 Å². The average Bonchev–Trinajstić information content (AvgIpc) is 2.93. The summed E-state index contributed by atoms with van der Waals surface area (Å²) >= 11 is 0. The molecule has 0 radical (unpaired) electrons. The molecule has 2 aromatic rings. The first-order valence-corrected chi connectivity index (χ1v) is 10.0. The zero-order valence-corrected chi connectivity index (χ0v) is 18.1. The van der Waals surface area contributed by atoms with E-state index in [-0.39, 0.29) is 18.7 Å². The quantitative estimate of drug-likeness (QED) is 0.664. The van der Waals surface area contributed by atoms with E-state index in [0.29, 0.717) is 5.47 Å². The summed E-state index contributed by atoms with van der Waals surface area (Å²) in [6, 6.07) is 12.6. The third-order valence-electron chi connectivity index (χ3n) is 5.51. The second-order valence-electron chi connectivity index (χ2n) is 8.39. The Hall–Kier alpha value is -2.71. The Balaban J connectivity index is 1.74. The number of halogens is 2. The Morgan fingerprint density at radius 2 is 1.71 bits per heavy atom. The van der Waals surface area contributed by atoms with E-state index in [1.807, 2.05) is 58.0 Å². The molecular weight excluding hydrogens is 403 g/mol. The van der Waals surface area contributed by atoms with Gasteiger partial charge in [-0.05, 0) is 50.9 Å². The van der Waals surface area contributed by atoms with Gasteiger partial charge in [-0.3, -0.25) is 0 Å². The number of hydrogen-bond acceptors (Lipinski definition) is 4. The van der Waals surface area contributed by atoms with Crippen LogP contribution in [0, 0.1) is 11.6 Å². The maximum atomic E-state index is 14.2. The molecule has 0 bridgehead atoms. The van der Waals surface area contributed by atoms with Gasteiger partial charge in [0.1, 0.15) is 18.2 Å². The second kappa shape index (κ2) is 9.20. The van der Waals surface area contributed by atoms with Crippen LogP contribution in [0.1, 0.15) is 38.8 Å². The first-order valence-electron chi connectivity index (χ1n) is 10.0. The number of carbonyl (C=O) groups is 1. The highest BCUT2D eigenvalue weighted by Crippen LogP contribution is 2.38. The predicted molar refractivity (Wildman–Crippen MR) is 115 cm³/mol. The Morgan fingerprint density at radius 3 is 2.32 bits per heavy atom. The summed E-state index contributed by atoms with van der Waals surface area (Å²) < 4.78 is 44.8. The van der Waals surface area contributed by atoms with E-state index < -0.39 is 36.0 Å². The van der Waals surface area contributed by atoms with Crippen LogP contribution in [0.3, 0.4) is 0 Å². The van der Waals surface area contributed by atoms with Crippen LogP contribution in [0.15, 0.2) is 54.0 Å². The molecule has 5 nitrogen and oxygen atoms in total. The highest BCUT2D eigenvalue weighted by atomic mass is 19.1. The van der Waals surface area contributed by atoms with Crippen LogP contribution in [0.2, 0.25) is 0 Å². The van der Waals surface area contributed by atoms with Crippen molar-refractivity contribution in [3.05, 3.63) is 76.8 Å². The number of alkyl carbamates (subject to hydrolysis) is 1. The molecule has 1 fully saturated rings. The monoisotopic (exact) mass is 429 g/mol. The summed E-state index contributed by atoms with van der Waals surface area (Å²) in [5.41, 5.74) is 0.247. The molecule has 1 N–H and O–H groups in total. The lowest BCUT2D eigenvalue weighted by molar-refractivity contribution is 0.00578. The van der Waals surface area contributed by atoms with Gasteiger partial charge in [0, 0.05) is 18.2 Å². The summed E-state index contributed by atoms with van der Waals surface area (Å²) in [7, 11) is -0.816. The molecule has 1 saturated heterocycles. The van der Waals surface area contributed by atoms with Crippen molar-refractivity contribution in [2.75, 3.05) is 6.54 Å². The molecule has 2 aromatic carbocycles. The van der Waals surface area contributed by atoms with Crippen LogP contribution < -0.4 is 5.32 Å². The maximum Gasteiger partial charge on any atom is 0.492 e. The lowest BCUT2D eigenvalue weighted by Gasteiger charge is -2.32. The van der Waals surface area contributed by atoms with Crippen molar-refractivity contribution in [1.82, 2.24) is 5.32 Å². The van der Waals surface area contributed by atoms with E-state index in [4.69, 9.17) is 14.0 Å². The minimum Gasteiger partial charge on any atom is -0.445 e. The van der Waals surface area contributed by atoms with Crippen molar-refractivity contribution in [2.45, 2.75) is 45.5 Å². The van der Waals surface area contributed by atoms with E-state index in [1.54, 1.807) is 0 Å². The normalized spacial score (nSPS) is 17.5. The molecule has 1 heterocycles. The molecule has 0 atom stereocenters. The number of hydrogen-bond donors (Lipinski definition) is 1. The molecule has 0 unspecified atom stereocenters. The fraction of sp³-hybridized carbons (Fsp3) is 0.348. The number of benzene rings is 2. The number of carbonyl (C=O) groups excluding carboxylic acids is 1. The molecule has 0 aromatic heterocycles. The molecule has 0 saturated carbocycles. The SMILES string of the molecule is CC1(C)OB(C(=Cc2ccc(F)cc2F)CNC(=O)OCc2ccccc2)OC1(C)C. The van der Waals surface area contributed by atoms with Gasteiger partial charge >= 0.3 is 13.2 Å². The molecule has 1 aliphatic heterocycles. The molecule has 164 valence electrons. The minimum atomic E-state index is -0.816. The molecule has 31 heavy (non-hydrogen) atoms. The van der Waals surface area contributed by atoms with Crippen LogP contribution in [-0.2, 0) is 20.7 Å². The number of ether oxygens (including phenoxy) is 1. The summed E-state index contributed by atoms with van der Waals surface area (Å²) in [6.07, 6.45) is 0.861. The summed E-state index contributed by atoms with van der Waals surface area (Å²) in [6.45, 7) is 7.70. The van der Waals surface area contributed by atoms with E-state index in [2.05, 4.69) is 5.32 Å². The molecule has 3 rings (SSSR count). The Bertz CT molecular complexity index is 947. The van der Waals surface area contributed by atoms with Crippen LogP contribution in [0.5, 0.6) is 0 Å². The van der Waals surface area contributed by atoms with Crippen molar-refractivity contribution >= 4 is 19.3 Å². The van der Waals surface area contributed by atoms with Crippen molar-refractivity contribution in [3.63, 3.8) is 0 Å². The zero-order valence-electron chi connectivity index (χ0n) is 18.1. The third kappa shape index (κ3) is 5.71. The van der Waals surface area contributed by atoms with Crippen LogP contribution in [0.25, 0.3) is 6.08 Å². The van der Waals surface area contributed by atoms with Crippen molar-refractivity contribution in [1.29, 1.82) is 0 Å². The van der Waals surface area contributed by atoms with Gasteiger partial charge in [0.15, 0.2) is 0 Å². The number of rotatable bonds is 6. The zero-order chi connectivity index (χ0) is 22.6. The standard InChI is InChI=1S/C23H26BF2NO4/c1-22(2)23(3,4)31-24(30-22)18(12-17-10-11-19(25)13-20(17)26)14-27-21(28)29-15-16-8-6-5-7-9-16/h5-13H,14-15H2,1-4H3,(H,27,28). The average molecular weight is 429 g/mol. The van der Waals surface area contributed by atoms with Gasteiger partial charge in [-0.25, -0.2) is 13.6 Å². The van der Waals surface area contributed by atoms with E-state index in [9.17, 15) is 13.6 Å². The molecule has 1 amide bonds. The molecule has 8 heteroatoms. The second-order valence-corrected chi connectivity index (χ2v) is 8.39. The van der Waals surface area contributed by atoms with E-state index in [1.165, 1.54) is 18.2 Å². The lowest BCUT2D eigenvalue weighted by atomic mass is 9.77. The molecule has 0 aliphatic carbocycles. The first kappa shape index (κ1) is 23.0. The topological polar surface area (TPSA) is 56.8 Å². The summed E-state index contributed by atoms with van der Waals surface area (Å²) in [5, 5.41) is 2.65. The summed E-state index contributed by atoms with van der Waals surface area (Å²) in [5.74, 6) is -1.39. The minimum absolute atomic E-state index is 0.00126. The highest BCUT2D eigenvalue weighted by Gasteiger charge is 2.52. The summed E-state index contributed by atoms with van der Waals surface area (Å²) in [4.78, 5) is 12.2. The number of amides is 1. The van der Waals surface area contributed by atoms with Crippen molar-refractivity contribution < 1.29 is 27.6 Å². The van der Waals surface area contributed by atoms with Gasteiger partial charge < -0.3 is 19.4 Å². The third-order valence-corrected chi connectivity index (χ3v) is 5.51. The van der Waals surface area contributed by atoms with Gasteiger partial charge in [-0.2, -0.15) is 0 Å². The first-order chi connectivity index (χ1) is 14.6. The highest BCUT2D eigenvalue weighted by molar-refractivity contribution is 6.56. The predicted octanol–water partition coefficient (Wildman–Crippen LogP) is 4.91. The van der Waals surface area contributed by atoms with Crippen LogP contribution in [-0.4, -0.2) is 31.0 Å². The van der Waals surface area contributed by atoms with Gasteiger partial charge in [0.05, 0.1) is 11.2 Å². The maximum absolute atomic E-state index is 14.2. The van der Waals surface area contributed by atoms with E-state index in [0.717, 1.165) is 11.6 Å². The molecule has 1 aliphatic rings. The molecule has 0 spiro atoms. The van der Waals surface area contributed by atoms with Crippen molar-refractivity contribution in [2.24, 2.45) is 0 Å². The van der Waals surface area contributed by atoms with Gasteiger partial charge in [-0.1, -0.05) is 36.4 Å². The van der Waals surface area contributed by atoms with Gasteiger partial charge in [0.2, 0.25) is 0 Å².